The smallest absolute Gasteiger partial charge is 0.509 e. The van der Waals surface area contributed by atoms with Crippen molar-refractivity contribution in [3.63, 3.8) is 0 Å². The van der Waals surface area contributed by atoms with Gasteiger partial charge in [0.05, 0.1) is 11.7 Å². The van der Waals surface area contributed by atoms with Gasteiger partial charge >= 0.3 is 21.1 Å². The van der Waals surface area contributed by atoms with Crippen LogP contribution < -0.4 is 4.74 Å². The normalized spacial score (nSPS) is 11.1. The number of rotatable bonds is 5. The van der Waals surface area contributed by atoms with Crippen molar-refractivity contribution < 1.29 is 25.8 Å². The van der Waals surface area contributed by atoms with Crippen LogP contribution in [0.3, 0.4) is 0 Å². The SMILES string of the molecule is [Pt+2].[c-]1c(Oc2[c-]c3c(cc2)c2ccccc2n3-c2ccccn2)cccc1-n1cc(-c2cccc3cccnc23)cn1. The second-order valence-corrected chi connectivity index (χ2v) is 9.68. The summed E-state index contributed by atoms with van der Waals surface area (Å²) in [7, 11) is 0. The molecule has 0 N–H and O–H groups in total. The van der Waals surface area contributed by atoms with E-state index < -0.39 is 0 Å². The van der Waals surface area contributed by atoms with E-state index in [9.17, 15) is 0 Å². The van der Waals surface area contributed by atoms with Crippen LogP contribution in [-0.4, -0.2) is 24.3 Å². The van der Waals surface area contributed by atoms with Gasteiger partial charge in [0.15, 0.2) is 0 Å². The van der Waals surface area contributed by atoms with Crippen LogP contribution in [0.25, 0.3) is 55.3 Å². The van der Waals surface area contributed by atoms with Crippen LogP contribution in [0.5, 0.6) is 11.5 Å². The van der Waals surface area contributed by atoms with E-state index in [4.69, 9.17) is 4.74 Å². The molecule has 0 aliphatic heterocycles. The molecular formula is C35H21N5OPt. The van der Waals surface area contributed by atoms with Crippen molar-refractivity contribution in [3.05, 3.63) is 140 Å². The molecule has 0 amide bonds. The van der Waals surface area contributed by atoms with E-state index in [0.29, 0.717) is 11.5 Å². The molecule has 42 heavy (non-hydrogen) atoms. The van der Waals surface area contributed by atoms with Crippen LogP contribution in [0.4, 0.5) is 0 Å². The average Bonchev–Trinajstić information content (AvgIpc) is 3.65. The number of nitrogens with zero attached hydrogens (tertiary/aromatic N) is 5. The summed E-state index contributed by atoms with van der Waals surface area (Å²) < 4.78 is 10.2. The molecule has 0 unspecified atom stereocenters. The van der Waals surface area contributed by atoms with Gasteiger partial charge in [-0.2, -0.15) is 17.2 Å². The number of fused-ring (bicyclic) bond motifs is 4. The Balaban J connectivity index is 0.00000288. The molecule has 6 nitrogen and oxygen atoms in total. The van der Waals surface area contributed by atoms with Crippen molar-refractivity contribution in [1.29, 1.82) is 0 Å². The first-order valence-corrected chi connectivity index (χ1v) is 13.3. The van der Waals surface area contributed by atoms with E-state index in [-0.39, 0.29) is 21.1 Å². The largest absolute Gasteiger partial charge is 2.00 e. The number of para-hydroxylation sites is 2. The number of pyridine rings is 2. The molecule has 4 heterocycles. The maximum Gasteiger partial charge on any atom is 2.00 e. The monoisotopic (exact) mass is 722 g/mol. The summed E-state index contributed by atoms with van der Waals surface area (Å²) in [5, 5.41) is 7.93. The Bertz CT molecular complexity index is 2200. The van der Waals surface area contributed by atoms with Gasteiger partial charge in [0.25, 0.3) is 0 Å². The van der Waals surface area contributed by atoms with E-state index in [0.717, 1.165) is 55.3 Å². The molecule has 0 fully saturated rings. The first-order valence-electron chi connectivity index (χ1n) is 13.3. The summed E-state index contributed by atoms with van der Waals surface area (Å²) >= 11 is 0. The van der Waals surface area contributed by atoms with Crippen molar-refractivity contribution in [3.8, 4) is 34.1 Å². The first-order chi connectivity index (χ1) is 20.3. The van der Waals surface area contributed by atoms with Crippen molar-refractivity contribution in [2.45, 2.75) is 0 Å². The summed E-state index contributed by atoms with van der Waals surface area (Å²) in [4.78, 5) is 9.19. The maximum absolute atomic E-state index is 6.29. The van der Waals surface area contributed by atoms with Crippen LogP contribution in [0.2, 0.25) is 0 Å². The standard InChI is InChI=1S/C35H21N5O.Pt/c1-2-14-32-30(12-1)31-17-16-28(21-33(31)40(32)34-15-3-4-18-36-34)41-27-11-6-10-26(20-27)39-23-25(22-38-39)29-13-5-8-24-9-7-19-37-35(24)29;/h1-19,22-23H;/q-2;+2. The number of aromatic nitrogens is 5. The topological polar surface area (TPSA) is 57.8 Å². The van der Waals surface area contributed by atoms with Crippen molar-refractivity contribution in [2.75, 3.05) is 0 Å². The third-order valence-corrected chi connectivity index (χ3v) is 7.18. The Labute approximate surface area is 256 Å². The zero-order valence-electron chi connectivity index (χ0n) is 22.1. The molecule has 0 atom stereocenters. The summed E-state index contributed by atoms with van der Waals surface area (Å²) in [5.74, 6) is 1.99. The summed E-state index contributed by atoms with van der Waals surface area (Å²) in [6.45, 7) is 0. The molecular weight excluding hydrogens is 701 g/mol. The number of benzene rings is 4. The minimum atomic E-state index is 0. The van der Waals surface area contributed by atoms with Crippen molar-refractivity contribution in [2.24, 2.45) is 0 Å². The Morgan fingerprint density at radius 1 is 0.667 bits per heavy atom. The first kappa shape index (κ1) is 25.9. The predicted molar refractivity (Wildman–Crippen MR) is 161 cm³/mol. The van der Waals surface area contributed by atoms with E-state index in [1.165, 1.54) is 0 Å². The maximum atomic E-state index is 6.29. The third-order valence-electron chi connectivity index (χ3n) is 7.18. The zero-order chi connectivity index (χ0) is 27.2. The van der Waals surface area contributed by atoms with Gasteiger partial charge in [0.2, 0.25) is 0 Å². The fourth-order valence-corrected chi connectivity index (χ4v) is 5.34. The molecule has 0 saturated carbocycles. The van der Waals surface area contributed by atoms with Crippen LogP contribution in [-0.2, 0) is 21.1 Å². The summed E-state index contributed by atoms with van der Waals surface area (Å²) in [6, 6.07) is 41.0. The fraction of sp³-hybridized carbons (Fsp3) is 0. The zero-order valence-corrected chi connectivity index (χ0v) is 24.4. The Morgan fingerprint density at radius 3 is 2.43 bits per heavy atom. The van der Waals surface area contributed by atoms with E-state index in [1.807, 2.05) is 85.3 Å². The van der Waals surface area contributed by atoms with Gasteiger partial charge in [-0.1, -0.05) is 54.0 Å². The number of hydrogen-bond donors (Lipinski definition) is 0. The second-order valence-electron chi connectivity index (χ2n) is 9.68. The minimum absolute atomic E-state index is 0. The Kier molecular flexibility index (Phi) is 6.61. The molecule has 0 spiro atoms. The van der Waals surface area contributed by atoms with Crippen molar-refractivity contribution >= 4 is 32.7 Å². The quantitative estimate of drug-likeness (QED) is 0.169. The number of hydrogen-bond acceptors (Lipinski definition) is 4. The van der Waals surface area contributed by atoms with Crippen LogP contribution in [0.1, 0.15) is 0 Å². The fourth-order valence-electron chi connectivity index (χ4n) is 5.34. The Hall–Kier alpha value is -5.06. The molecule has 4 aromatic carbocycles. The second kappa shape index (κ2) is 10.7. The molecule has 0 bridgehead atoms. The summed E-state index contributed by atoms with van der Waals surface area (Å²) in [5.41, 5.74) is 5.70. The van der Waals surface area contributed by atoms with Gasteiger partial charge in [0, 0.05) is 52.1 Å². The molecule has 8 aromatic rings. The van der Waals surface area contributed by atoms with Gasteiger partial charge in [-0.05, 0) is 35.3 Å². The van der Waals surface area contributed by atoms with Crippen LogP contribution in [0.15, 0.2) is 128 Å². The molecule has 4 aromatic heterocycles. The molecule has 0 saturated heterocycles. The minimum Gasteiger partial charge on any atom is -0.509 e. The van der Waals surface area contributed by atoms with E-state index in [2.05, 4.69) is 68.2 Å². The molecule has 0 radical (unpaired) electrons. The molecule has 202 valence electrons. The van der Waals surface area contributed by atoms with Crippen LogP contribution in [0, 0.1) is 12.1 Å². The van der Waals surface area contributed by atoms with E-state index in [1.54, 1.807) is 10.9 Å². The van der Waals surface area contributed by atoms with Crippen molar-refractivity contribution in [1.82, 2.24) is 24.3 Å². The number of ether oxygens (including phenoxy) is 1. The van der Waals surface area contributed by atoms with Gasteiger partial charge in [-0.25, -0.2) is 4.98 Å². The van der Waals surface area contributed by atoms with Gasteiger partial charge in [-0.15, -0.1) is 35.7 Å². The predicted octanol–water partition coefficient (Wildman–Crippen LogP) is 7.97. The molecule has 7 heteroatoms. The van der Waals surface area contributed by atoms with Gasteiger partial charge in [0.1, 0.15) is 5.82 Å². The molecule has 0 aliphatic rings. The van der Waals surface area contributed by atoms with Gasteiger partial charge < -0.3 is 9.30 Å². The average molecular weight is 723 g/mol. The third kappa shape index (κ3) is 4.46. The molecule has 0 aliphatic carbocycles. The van der Waals surface area contributed by atoms with Crippen LogP contribution >= 0.6 is 0 Å². The van der Waals surface area contributed by atoms with Gasteiger partial charge in [-0.3, -0.25) is 9.67 Å². The Morgan fingerprint density at radius 2 is 1.50 bits per heavy atom. The molecule has 8 rings (SSSR count). The van der Waals surface area contributed by atoms with E-state index >= 15 is 0 Å². The summed E-state index contributed by atoms with van der Waals surface area (Å²) in [6.07, 6.45) is 7.45.